The summed E-state index contributed by atoms with van der Waals surface area (Å²) in [4.78, 5) is 14.0. The third-order valence-electron chi connectivity index (χ3n) is 1.34. The Hall–Kier alpha value is -1.10. The Labute approximate surface area is 67.4 Å². The van der Waals surface area contributed by atoms with Crippen LogP contribution in [0.2, 0.25) is 0 Å². The van der Waals surface area contributed by atoms with Crippen LogP contribution in [0, 0.1) is 6.92 Å². The molecule has 11 heavy (non-hydrogen) atoms. The summed E-state index contributed by atoms with van der Waals surface area (Å²) in [6.07, 6.45) is -1.15. The summed E-state index contributed by atoms with van der Waals surface area (Å²) in [5, 5.41) is 10.2. The summed E-state index contributed by atoms with van der Waals surface area (Å²) < 4.78 is 1.73. The molecule has 0 aliphatic heterocycles. The Morgan fingerprint density at radius 2 is 2.45 bits per heavy atom. The molecule has 4 nitrogen and oxygen atoms in total. The molecule has 0 aliphatic carbocycles. The molecule has 1 rings (SSSR count). The van der Waals surface area contributed by atoms with Crippen molar-refractivity contribution in [3.63, 3.8) is 0 Å². The first-order chi connectivity index (χ1) is 5.11. The molecular weight excluding hydrogens is 164 g/mol. The highest BCUT2D eigenvalue weighted by molar-refractivity contribution is 7.07. The Morgan fingerprint density at radius 3 is 2.82 bits per heavy atom. The fourth-order valence-corrected chi connectivity index (χ4v) is 1.50. The highest BCUT2D eigenvalue weighted by atomic mass is 32.1. The number of amides is 1. The molecule has 0 fully saturated rings. The monoisotopic (exact) mass is 172 g/mol. The van der Waals surface area contributed by atoms with Crippen LogP contribution in [0.4, 0.5) is 4.79 Å². The molecule has 5 heteroatoms. The van der Waals surface area contributed by atoms with E-state index in [1.165, 1.54) is 11.3 Å². The quantitative estimate of drug-likeness (QED) is 0.634. The van der Waals surface area contributed by atoms with Gasteiger partial charge in [0.1, 0.15) is 0 Å². The molecule has 0 saturated carbocycles. The molecule has 1 N–H and O–H groups in total. The zero-order chi connectivity index (χ0) is 8.43. The molecule has 1 aromatic heterocycles. The third-order valence-corrected chi connectivity index (χ3v) is 2.38. The second kappa shape index (κ2) is 2.87. The van der Waals surface area contributed by atoms with Crippen LogP contribution >= 0.6 is 11.3 Å². The lowest BCUT2D eigenvalue weighted by atomic mass is 10.6. The summed E-state index contributed by atoms with van der Waals surface area (Å²) in [5.41, 5.74) is 1.01. The average molecular weight is 172 g/mol. The van der Waals surface area contributed by atoms with E-state index in [9.17, 15) is 4.79 Å². The summed E-state index contributed by atoms with van der Waals surface area (Å²) in [6, 6.07) is 0. The Balaban J connectivity index is 3.25. The number of nitrogens with zero attached hydrogens (tertiary/aromatic N) is 2. The van der Waals surface area contributed by atoms with E-state index < -0.39 is 6.09 Å². The summed E-state index contributed by atoms with van der Waals surface area (Å²) in [6.45, 7) is 1.90. The standard InChI is InChI=1S/C6H8N2O2S/c1-4-3-11-5(8(4)2)7-6(9)10/h3H,1-2H3,(H,9,10)/b7-5-. The van der Waals surface area contributed by atoms with Crippen LogP contribution in [-0.4, -0.2) is 15.8 Å². The van der Waals surface area contributed by atoms with E-state index in [0.717, 1.165) is 5.69 Å². The molecule has 0 radical (unpaired) electrons. The lowest BCUT2D eigenvalue weighted by Gasteiger charge is -1.91. The van der Waals surface area contributed by atoms with Crippen LogP contribution in [0.5, 0.6) is 0 Å². The zero-order valence-electron chi connectivity index (χ0n) is 6.24. The van der Waals surface area contributed by atoms with Gasteiger partial charge in [-0.25, -0.2) is 4.79 Å². The normalized spacial score (nSPS) is 12.0. The number of aromatic nitrogens is 1. The van der Waals surface area contributed by atoms with E-state index >= 15 is 0 Å². The van der Waals surface area contributed by atoms with Gasteiger partial charge in [-0.2, -0.15) is 0 Å². The molecule has 0 aromatic carbocycles. The predicted molar refractivity (Wildman–Crippen MR) is 41.6 cm³/mol. The highest BCUT2D eigenvalue weighted by Gasteiger charge is 1.96. The third kappa shape index (κ3) is 1.68. The summed E-state index contributed by atoms with van der Waals surface area (Å²) >= 11 is 1.32. The first-order valence-electron chi connectivity index (χ1n) is 3.00. The van der Waals surface area contributed by atoms with E-state index in [4.69, 9.17) is 5.11 Å². The Morgan fingerprint density at radius 1 is 1.82 bits per heavy atom. The summed E-state index contributed by atoms with van der Waals surface area (Å²) in [5.74, 6) is 0. The van der Waals surface area contributed by atoms with Crippen molar-refractivity contribution in [2.24, 2.45) is 12.0 Å². The van der Waals surface area contributed by atoms with Crippen molar-refractivity contribution < 1.29 is 9.90 Å². The van der Waals surface area contributed by atoms with Gasteiger partial charge in [0.25, 0.3) is 0 Å². The van der Waals surface area contributed by atoms with Crippen LogP contribution in [0.25, 0.3) is 0 Å². The predicted octanol–water partition coefficient (Wildman–Crippen LogP) is 0.974. The SMILES string of the molecule is Cc1cs/c(=N\C(=O)O)n1C. The molecule has 1 amide bonds. The minimum atomic E-state index is -1.15. The van der Waals surface area contributed by atoms with Crippen LogP contribution in [0.15, 0.2) is 10.4 Å². The van der Waals surface area contributed by atoms with Crippen LogP contribution < -0.4 is 4.80 Å². The van der Waals surface area contributed by atoms with Gasteiger partial charge in [0.05, 0.1) is 0 Å². The topological polar surface area (TPSA) is 54.6 Å². The molecule has 0 bridgehead atoms. The van der Waals surface area contributed by atoms with Gasteiger partial charge >= 0.3 is 6.09 Å². The summed E-state index contributed by atoms with van der Waals surface area (Å²) in [7, 11) is 1.79. The molecule has 1 aromatic rings. The molecule has 0 unspecified atom stereocenters. The van der Waals surface area contributed by atoms with Gasteiger partial charge in [-0.3, -0.25) is 0 Å². The van der Waals surface area contributed by atoms with Crippen LogP contribution in [0.3, 0.4) is 0 Å². The van der Waals surface area contributed by atoms with E-state index in [0.29, 0.717) is 4.80 Å². The van der Waals surface area contributed by atoms with E-state index in [1.54, 1.807) is 11.6 Å². The fraction of sp³-hybridized carbons (Fsp3) is 0.333. The zero-order valence-corrected chi connectivity index (χ0v) is 7.05. The van der Waals surface area contributed by atoms with E-state index in [2.05, 4.69) is 4.99 Å². The van der Waals surface area contributed by atoms with Gasteiger partial charge < -0.3 is 9.67 Å². The van der Waals surface area contributed by atoms with Gasteiger partial charge in [0, 0.05) is 18.1 Å². The lowest BCUT2D eigenvalue weighted by molar-refractivity contribution is 0.204. The smallest absolute Gasteiger partial charge is 0.433 e. The van der Waals surface area contributed by atoms with Crippen molar-refractivity contribution >= 4 is 17.4 Å². The van der Waals surface area contributed by atoms with Gasteiger partial charge in [0.2, 0.25) is 0 Å². The second-order valence-electron chi connectivity index (χ2n) is 2.11. The number of thiazole rings is 1. The van der Waals surface area contributed by atoms with Crippen LogP contribution in [0.1, 0.15) is 5.69 Å². The van der Waals surface area contributed by atoms with Gasteiger partial charge in [-0.1, -0.05) is 0 Å². The van der Waals surface area contributed by atoms with Crippen LogP contribution in [-0.2, 0) is 7.05 Å². The number of rotatable bonds is 0. The maximum Gasteiger partial charge on any atom is 0.433 e. The van der Waals surface area contributed by atoms with Gasteiger partial charge in [0.15, 0.2) is 4.80 Å². The largest absolute Gasteiger partial charge is 0.463 e. The molecule has 0 spiro atoms. The number of hydrogen-bond acceptors (Lipinski definition) is 2. The molecule has 0 atom stereocenters. The maximum atomic E-state index is 10.2. The average Bonchev–Trinajstić information content (AvgIpc) is 2.18. The second-order valence-corrected chi connectivity index (χ2v) is 2.95. The van der Waals surface area contributed by atoms with Crippen molar-refractivity contribution in [3.05, 3.63) is 15.9 Å². The molecular formula is C6H8N2O2S. The van der Waals surface area contributed by atoms with Crippen molar-refractivity contribution in [2.75, 3.05) is 0 Å². The van der Waals surface area contributed by atoms with Crippen molar-refractivity contribution in [3.8, 4) is 0 Å². The molecule has 1 heterocycles. The maximum absolute atomic E-state index is 10.2. The molecule has 0 saturated heterocycles. The Kier molecular flexibility index (Phi) is 2.09. The Bertz CT molecular complexity index is 337. The number of carbonyl (C=O) groups is 1. The first kappa shape index (κ1) is 8.00. The van der Waals surface area contributed by atoms with E-state index in [-0.39, 0.29) is 0 Å². The lowest BCUT2D eigenvalue weighted by Crippen LogP contribution is -2.13. The van der Waals surface area contributed by atoms with Gasteiger partial charge in [-0.05, 0) is 6.92 Å². The fourth-order valence-electron chi connectivity index (χ4n) is 0.630. The minimum Gasteiger partial charge on any atom is -0.463 e. The molecule has 0 aliphatic rings. The number of aryl methyl sites for hydroxylation is 1. The number of carboxylic acid groups (broad SMARTS) is 1. The first-order valence-corrected chi connectivity index (χ1v) is 3.88. The van der Waals surface area contributed by atoms with E-state index in [1.807, 2.05) is 12.3 Å². The van der Waals surface area contributed by atoms with Gasteiger partial charge in [-0.15, -0.1) is 16.3 Å². The molecule has 60 valence electrons. The van der Waals surface area contributed by atoms with Crippen molar-refractivity contribution in [2.45, 2.75) is 6.92 Å². The van der Waals surface area contributed by atoms with Crippen molar-refractivity contribution in [1.29, 1.82) is 0 Å². The van der Waals surface area contributed by atoms with Crippen molar-refractivity contribution in [1.82, 2.24) is 4.57 Å². The number of hydrogen-bond donors (Lipinski definition) is 1. The highest BCUT2D eigenvalue weighted by Crippen LogP contribution is 1.95. The minimum absolute atomic E-state index is 0.509.